The van der Waals surface area contributed by atoms with Crippen LogP contribution in [0, 0.1) is 5.92 Å². The fourth-order valence-electron chi connectivity index (χ4n) is 3.88. The first-order valence-corrected chi connectivity index (χ1v) is 10.5. The molecule has 0 aliphatic carbocycles. The molecule has 0 unspecified atom stereocenters. The van der Waals surface area contributed by atoms with Crippen molar-refractivity contribution in [2.45, 2.75) is 45.3 Å². The van der Waals surface area contributed by atoms with Gasteiger partial charge in [-0.25, -0.2) is 8.42 Å². The molecule has 2 aliphatic rings. The Morgan fingerprint density at radius 1 is 1.35 bits per heavy atom. The third-order valence-corrected chi connectivity index (χ3v) is 5.75. The molecule has 4 nitrogen and oxygen atoms in total. The zero-order valence-electron chi connectivity index (χ0n) is 14.3. The third kappa shape index (κ3) is 4.48. The molecular formula is C18H27NO3S. The highest BCUT2D eigenvalue weighted by Crippen LogP contribution is 2.35. The van der Waals surface area contributed by atoms with E-state index in [2.05, 4.69) is 36.9 Å². The lowest BCUT2D eigenvalue weighted by atomic mass is 9.98. The van der Waals surface area contributed by atoms with E-state index in [-0.39, 0.29) is 11.5 Å². The van der Waals surface area contributed by atoms with Gasteiger partial charge in [-0.1, -0.05) is 12.1 Å². The standard InChI is InChI=1S/C18H27NO3S/c1-18(2)10-16-9-14(6-7-17(16)22-18)11-19-8-4-5-15(12-19)13-23(3,20)21/h6-7,9,15H,4-5,8,10-13H2,1-3H3/t15-/m1/s1. The second-order valence-electron chi connectivity index (χ2n) is 7.82. The number of piperidine rings is 1. The zero-order valence-corrected chi connectivity index (χ0v) is 15.2. The molecule has 2 heterocycles. The second kappa shape index (κ2) is 6.10. The molecule has 1 fully saturated rings. The van der Waals surface area contributed by atoms with Crippen molar-refractivity contribution in [3.63, 3.8) is 0 Å². The van der Waals surface area contributed by atoms with Gasteiger partial charge in [-0.05, 0) is 56.3 Å². The van der Waals surface area contributed by atoms with Crippen molar-refractivity contribution in [2.24, 2.45) is 5.92 Å². The molecule has 5 heteroatoms. The molecule has 0 bridgehead atoms. The van der Waals surface area contributed by atoms with E-state index < -0.39 is 9.84 Å². The molecular weight excluding hydrogens is 310 g/mol. The Labute approximate surface area is 139 Å². The fraction of sp³-hybridized carbons (Fsp3) is 0.667. The summed E-state index contributed by atoms with van der Waals surface area (Å²) in [4.78, 5) is 2.39. The lowest BCUT2D eigenvalue weighted by molar-refractivity contribution is 0.138. The van der Waals surface area contributed by atoms with E-state index in [1.54, 1.807) is 0 Å². The maximum Gasteiger partial charge on any atom is 0.147 e. The van der Waals surface area contributed by atoms with E-state index in [0.29, 0.717) is 5.75 Å². The van der Waals surface area contributed by atoms with Crippen LogP contribution in [0.5, 0.6) is 5.75 Å². The minimum absolute atomic E-state index is 0.105. The van der Waals surface area contributed by atoms with Gasteiger partial charge < -0.3 is 4.74 Å². The molecule has 0 radical (unpaired) electrons. The van der Waals surface area contributed by atoms with Gasteiger partial charge in [0, 0.05) is 25.8 Å². The van der Waals surface area contributed by atoms with E-state index in [0.717, 1.165) is 44.6 Å². The Hall–Kier alpha value is -1.07. The Morgan fingerprint density at radius 3 is 2.87 bits per heavy atom. The predicted molar refractivity (Wildman–Crippen MR) is 92.6 cm³/mol. The van der Waals surface area contributed by atoms with Gasteiger partial charge in [-0.15, -0.1) is 0 Å². The van der Waals surface area contributed by atoms with Crippen molar-refractivity contribution in [3.05, 3.63) is 29.3 Å². The van der Waals surface area contributed by atoms with Gasteiger partial charge in [-0.2, -0.15) is 0 Å². The molecule has 0 spiro atoms. The van der Waals surface area contributed by atoms with Crippen LogP contribution >= 0.6 is 0 Å². The van der Waals surface area contributed by atoms with E-state index in [1.165, 1.54) is 17.4 Å². The van der Waals surface area contributed by atoms with Gasteiger partial charge in [-0.3, -0.25) is 4.90 Å². The number of ether oxygens (including phenoxy) is 1. The molecule has 0 N–H and O–H groups in total. The van der Waals surface area contributed by atoms with Crippen LogP contribution in [-0.2, 0) is 22.8 Å². The van der Waals surface area contributed by atoms with Crippen LogP contribution in [0.2, 0.25) is 0 Å². The second-order valence-corrected chi connectivity index (χ2v) is 10.0. The highest BCUT2D eigenvalue weighted by molar-refractivity contribution is 7.90. The van der Waals surface area contributed by atoms with Gasteiger partial charge >= 0.3 is 0 Å². The monoisotopic (exact) mass is 337 g/mol. The average molecular weight is 337 g/mol. The summed E-state index contributed by atoms with van der Waals surface area (Å²) >= 11 is 0. The fourth-order valence-corrected chi connectivity index (χ4v) is 5.01. The molecule has 0 saturated carbocycles. The van der Waals surface area contributed by atoms with Gasteiger partial charge in [0.2, 0.25) is 0 Å². The first kappa shape index (κ1) is 16.8. The number of hydrogen-bond acceptors (Lipinski definition) is 4. The number of fused-ring (bicyclic) bond motifs is 1. The van der Waals surface area contributed by atoms with E-state index in [9.17, 15) is 8.42 Å². The average Bonchev–Trinajstić information content (AvgIpc) is 2.70. The van der Waals surface area contributed by atoms with Crippen molar-refractivity contribution in [1.82, 2.24) is 4.90 Å². The smallest absolute Gasteiger partial charge is 0.147 e. The van der Waals surface area contributed by atoms with E-state index in [4.69, 9.17) is 4.74 Å². The van der Waals surface area contributed by atoms with Gasteiger partial charge in [0.25, 0.3) is 0 Å². The Bertz CT molecular complexity index is 682. The maximum absolute atomic E-state index is 11.5. The van der Waals surface area contributed by atoms with Crippen LogP contribution < -0.4 is 4.74 Å². The largest absolute Gasteiger partial charge is 0.487 e. The SMILES string of the molecule is CC1(C)Cc2cc(CN3CCC[C@@H](CS(C)(=O)=O)C3)ccc2O1. The lowest BCUT2D eigenvalue weighted by Crippen LogP contribution is -2.37. The number of benzene rings is 1. The molecule has 1 atom stereocenters. The quantitative estimate of drug-likeness (QED) is 0.847. The molecule has 2 aliphatic heterocycles. The number of nitrogens with zero attached hydrogens (tertiary/aromatic N) is 1. The van der Waals surface area contributed by atoms with Crippen LogP contribution in [0.15, 0.2) is 18.2 Å². The van der Waals surface area contributed by atoms with Crippen LogP contribution in [0.1, 0.15) is 37.8 Å². The summed E-state index contributed by atoms with van der Waals surface area (Å²) in [6.45, 7) is 7.07. The third-order valence-electron chi connectivity index (χ3n) is 4.68. The van der Waals surface area contributed by atoms with Crippen molar-refractivity contribution < 1.29 is 13.2 Å². The van der Waals surface area contributed by atoms with Crippen LogP contribution in [0.4, 0.5) is 0 Å². The number of hydrogen-bond donors (Lipinski definition) is 0. The van der Waals surface area contributed by atoms with Crippen LogP contribution in [0.25, 0.3) is 0 Å². The summed E-state index contributed by atoms with van der Waals surface area (Å²) < 4.78 is 29.0. The van der Waals surface area contributed by atoms with E-state index in [1.807, 2.05) is 0 Å². The normalized spacial score (nSPS) is 24.2. The first-order valence-electron chi connectivity index (χ1n) is 8.41. The lowest BCUT2D eigenvalue weighted by Gasteiger charge is -2.32. The summed E-state index contributed by atoms with van der Waals surface area (Å²) in [5.74, 6) is 1.60. The molecule has 3 rings (SSSR count). The zero-order chi connectivity index (χ0) is 16.7. The molecule has 23 heavy (non-hydrogen) atoms. The predicted octanol–water partition coefficient (Wildman–Crippen LogP) is 2.66. The summed E-state index contributed by atoms with van der Waals surface area (Å²) in [5.41, 5.74) is 2.48. The molecule has 0 amide bonds. The number of likely N-dealkylation sites (tertiary alicyclic amines) is 1. The summed E-state index contributed by atoms with van der Waals surface area (Å²) in [6.07, 6.45) is 4.40. The Balaban J connectivity index is 1.64. The highest BCUT2D eigenvalue weighted by Gasteiger charge is 2.30. The summed E-state index contributed by atoms with van der Waals surface area (Å²) in [5, 5.41) is 0. The van der Waals surface area contributed by atoms with Crippen molar-refractivity contribution >= 4 is 9.84 Å². The van der Waals surface area contributed by atoms with Gasteiger partial charge in [0.1, 0.15) is 21.2 Å². The van der Waals surface area contributed by atoms with Crippen LogP contribution in [-0.4, -0.2) is 44.0 Å². The molecule has 1 aromatic carbocycles. The Kier molecular flexibility index (Phi) is 4.45. The number of rotatable bonds is 4. The summed E-state index contributed by atoms with van der Waals surface area (Å²) in [6, 6.07) is 6.47. The van der Waals surface area contributed by atoms with Gasteiger partial charge in [0.05, 0.1) is 5.75 Å². The maximum atomic E-state index is 11.5. The molecule has 1 aromatic rings. The Morgan fingerprint density at radius 2 is 2.13 bits per heavy atom. The minimum Gasteiger partial charge on any atom is -0.487 e. The molecule has 0 aromatic heterocycles. The highest BCUT2D eigenvalue weighted by atomic mass is 32.2. The molecule has 128 valence electrons. The number of sulfone groups is 1. The van der Waals surface area contributed by atoms with E-state index >= 15 is 0 Å². The summed E-state index contributed by atoms with van der Waals surface area (Å²) in [7, 11) is -2.88. The molecule has 1 saturated heterocycles. The van der Waals surface area contributed by atoms with Crippen LogP contribution in [0.3, 0.4) is 0 Å². The van der Waals surface area contributed by atoms with Crippen molar-refractivity contribution in [1.29, 1.82) is 0 Å². The van der Waals surface area contributed by atoms with Gasteiger partial charge in [0.15, 0.2) is 0 Å². The topological polar surface area (TPSA) is 46.6 Å². The first-order chi connectivity index (χ1) is 10.7. The minimum atomic E-state index is -2.88. The van der Waals surface area contributed by atoms with Crippen molar-refractivity contribution in [3.8, 4) is 5.75 Å². The van der Waals surface area contributed by atoms with Crippen molar-refractivity contribution in [2.75, 3.05) is 25.1 Å².